The van der Waals surface area contributed by atoms with Crippen LogP contribution >= 0.6 is 11.6 Å². The van der Waals surface area contributed by atoms with E-state index in [4.69, 9.17) is 22.1 Å². The highest BCUT2D eigenvalue weighted by atomic mass is 35.5. The minimum atomic E-state index is 0.0226. The fourth-order valence-electron chi connectivity index (χ4n) is 3.21. The molecule has 9 nitrogen and oxygen atoms in total. The lowest BCUT2D eigenvalue weighted by atomic mass is 10.0. The summed E-state index contributed by atoms with van der Waals surface area (Å²) in [5, 5.41) is 15.2. The normalized spacial score (nSPS) is 11.2. The molecule has 3 aromatic heterocycles. The Morgan fingerprint density at radius 1 is 1.27 bits per heavy atom. The van der Waals surface area contributed by atoms with Gasteiger partial charge in [-0.2, -0.15) is 15.4 Å². The van der Waals surface area contributed by atoms with Crippen molar-refractivity contribution in [1.82, 2.24) is 30.2 Å². The quantitative estimate of drug-likeness (QED) is 0.436. The summed E-state index contributed by atoms with van der Waals surface area (Å²) < 4.78 is 7.62. The number of benzene rings is 1. The largest absolute Gasteiger partial charge is 0.486 e. The molecular weight excluding hydrogens is 406 g/mol. The first-order chi connectivity index (χ1) is 14.4. The second-order valence-electron chi connectivity index (χ2n) is 6.96. The number of carbonyl (C=O) groups is 1. The lowest BCUT2D eigenvalue weighted by molar-refractivity contribution is 0.0982. The van der Waals surface area contributed by atoms with E-state index in [1.807, 2.05) is 20.0 Å². The van der Waals surface area contributed by atoms with E-state index in [1.165, 1.54) is 0 Å². The number of hydrogen-bond acceptors (Lipinski definition) is 7. The molecule has 10 heteroatoms. The Kier molecular flexibility index (Phi) is 5.37. The van der Waals surface area contributed by atoms with Crippen LogP contribution in [0.4, 0.5) is 5.82 Å². The summed E-state index contributed by atoms with van der Waals surface area (Å²) in [6, 6.07) is 8.78. The standard InChI is InChI=1S/C20H20ClN7O2/c1-11-7-14(28(2)26-11)5-6-16(29)12-3-4-13(15(21)8-12)10-30-17-9-18(22)23-20-19(17)24-27-25-20/h3-4,7-9H,5-6,10H2,1-2H3,(H3,22,23,24,25,27). The molecule has 0 aliphatic heterocycles. The van der Waals surface area contributed by atoms with Gasteiger partial charge >= 0.3 is 0 Å². The first-order valence-electron chi connectivity index (χ1n) is 9.31. The third-order valence-electron chi connectivity index (χ3n) is 4.74. The number of Topliss-reactive ketones (excluding diaryl/α,β-unsaturated/α-hetero) is 1. The number of nitrogens with two attached hydrogens (primary N) is 1. The molecule has 0 bridgehead atoms. The van der Waals surface area contributed by atoms with E-state index in [9.17, 15) is 4.79 Å². The third-order valence-corrected chi connectivity index (χ3v) is 5.09. The molecule has 4 rings (SSSR count). The number of pyridine rings is 1. The number of nitrogens with one attached hydrogen (secondary N) is 1. The van der Waals surface area contributed by atoms with Crippen LogP contribution < -0.4 is 10.5 Å². The van der Waals surface area contributed by atoms with Crippen molar-refractivity contribution >= 4 is 34.4 Å². The Morgan fingerprint density at radius 2 is 2.10 bits per heavy atom. The van der Waals surface area contributed by atoms with Gasteiger partial charge in [0.25, 0.3) is 0 Å². The van der Waals surface area contributed by atoms with Gasteiger partial charge in [0.1, 0.15) is 12.4 Å². The summed E-state index contributed by atoms with van der Waals surface area (Å²) in [4.78, 5) is 16.6. The van der Waals surface area contributed by atoms with Crippen molar-refractivity contribution in [2.45, 2.75) is 26.4 Å². The average molecular weight is 426 g/mol. The number of rotatable bonds is 7. The molecule has 0 aliphatic carbocycles. The molecule has 0 amide bonds. The van der Waals surface area contributed by atoms with Gasteiger partial charge in [-0.15, -0.1) is 5.10 Å². The van der Waals surface area contributed by atoms with Crippen molar-refractivity contribution < 1.29 is 9.53 Å². The van der Waals surface area contributed by atoms with E-state index < -0.39 is 0 Å². The molecule has 154 valence electrons. The van der Waals surface area contributed by atoms with Crippen molar-refractivity contribution in [2.24, 2.45) is 7.05 Å². The van der Waals surface area contributed by atoms with Gasteiger partial charge in [0.05, 0.1) is 5.69 Å². The number of H-pyrrole nitrogens is 1. The average Bonchev–Trinajstić information content (AvgIpc) is 3.30. The fourth-order valence-corrected chi connectivity index (χ4v) is 3.45. The van der Waals surface area contributed by atoms with Gasteiger partial charge in [0.2, 0.25) is 5.65 Å². The Balaban J connectivity index is 1.43. The van der Waals surface area contributed by atoms with Crippen LogP contribution in [0.5, 0.6) is 5.75 Å². The van der Waals surface area contributed by atoms with E-state index in [2.05, 4.69) is 25.5 Å². The highest BCUT2D eigenvalue weighted by Crippen LogP contribution is 2.26. The van der Waals surface area contributed by atoms with Crippen molar-refractivity contribution in [1.29, 1.82) is 0 Å². The predicted molar refractivity (Wildman–Crippen MR) is 112 cm³/mol. The molecule has 0 atom stereocenters. The van der Waals surface area contributed by atoms with Gasteiger partial charge in [-0.3, -0.25) is 9.48 Å². The van der Waals surface area contributed by atoms with Gasteiger partial charge in [-0.1, -0.05) is 23.7 Å². The molecule has 0 fully saturated rings. The zero-order valence-electron chi connectivity index (χ0n) is 16.5. The van der Waals surface area contributed by atoms with Gasteiger partial charge in [-0.25, -0.2) is 4.98 Å². The first kappa shape index (κ1) is 19.8. The van der Waals surface area contributed by atoms with E-state index in [1.54, 1.807) is 28.9 Å². The molecule has 3 heterocycles. The zero-order chi connectivity index (χ0) is 21.3. The number of aromatic amines is 1. The molecule has 3 N–H and O–H groups in total. The summed E-state index contributed by atoms with van der Waals surface area (Å²) in [6.07, 6.45) is 1.00. The summed E-state index contributed by atoms with van der Waals surface area (Å²) in [7, 11) is 1.88. The van der Waals surface area contributed by atoms with Crippen LogP contribution in [0.15, 0.2) is 30.3 Å². The lowest BCUT2D eigenvalue weighted by Gasteiger charge is -2.10. The second-order valence-corrected chi connectivity index (χ2v) is 7.37. The summed E-state index contributed by atoms with van der Waals surface area (Å²) >= 11 is 6.40. The Hall–Kier alpha value is -3.46. The molecular formula is C20H20ClN7O2. The van der Waals surface area contributed by atoms with Gasteiger partial charge < -0.3 is 10.5 Å². The Bertz CT molecular complexity index is 1230. The van der Waals surface area contributed by atoms with Gasteiger partial charge in [0, 0.05) is 41.4 Å². The van der Waals surface area contributed by atoms with Crippen LogP contribution in [0.2, 0.25) is 5.02 Å². The zero-order valence-corrected chi connectivity index (χ0v) is 17.3. The van der Waals surface area contributed by atoms with Crippen LogP contribution in [0.25, 0.3) is 11.2 Å². The van der Waals surface area contributed by atoms with Gasteiger partial charge in [-0.05, 0) is 25.5 Å². The van der Waals surface area contributed by atoms with Crippen LogP contribution in [-0.4, -0.2) is 36.0 Å². The molecule has 0 saturated heterocycles. The lowest BCUT2D eigenvalue weighted by Crippen LogP contribution is -2.05. The maximum absolute atomic E-state index is 12.6. The fraction of sp³-hybridized carbons (Fsp3) is 0.250. The van der Waals surface area contributed by atoms with Crippen LogP contribution in [-0.2, 0) is 20.1 Å². The smallest absolute Gasteiger partial charge is 0.207 e. The highest BCUT2D eigenvalue weighted by molar-refractivity contribution is 6.31. The minimum absolute atomic E-state index is 0.0226. The van der Waals surface area contributed by atoms with E-state index in [0.717, 1.165) is 17.0 Å². The monoisotopic (exact) mass is 425 g/mol. The van der Waals surface area contributed by atoms with Crippen LogP contribution in [0.1, 0.15) is 33.7 Å². The Morgan fingerprint density at radius 3 is 2.83 bits per heavy atom. The SMILES string of the molecule is Cc1cc(CCC(=O)c2ccc(COc3cc(N)nc4n[nH]nc34)c(Cl)c2)n(C)n1. The van der Waals surface area contributed by atoms with E-state index >= 15 is 0 Å². The third kappa shape index (κ3) is 4.11. The van der Waals surface area contributed by atoms with Crippen LogP contribution in [0.3, 0.4) is 0 Å². The molecule has 0 saturated carbocycles. The maximum atomic E-state index is 12.6. The second kappa shape index (κ2) is 8.11. The molecule has 0 radical (unpaired) electrons. The molecule has 0 unspecified atom stereocenters. The number of nitrogen functional groups attached to an aromatic ring is 1. The summed E-state index contributed by atoms with van der Waals surface area (Å²) in [6.45, 7) is 2.12. The number of ketones is 1. The number of aromatic nitrogens is 6. The van der Waals surface area contributed by atoms with E-state index in [-0.39, 0.29) is 18.2 Å². The number of hydrogen-bond donors (Lipinski definition) is 2. The number of aryl methyl sites for hydroxylation is 3. The number of ether oxygens (including phenoxy) is 1. The number of anilines is 1. The number of fused-ring (bicyclic) bond motifs is 1. The van der Waals surface area contributed by atoms with Crippen molar-refractivity contribution in [3.8, 4) is 5.75 Å². The van der Waals surface area contributed by atoms with Crippen molar-refractivity contribution in [3.63, 3.8) is 0 Å². The maximum Gasteiger partial charge on any atom is 0.207 e. The highest BCUT2D eigenvalue weighted by Gasteiger charge is 2.13. The van der Waals surface area contributed by atoms with Crippen molar-refractivity contribution in [2.75, 3.05) is 5.73 Å². The molecule has 0 spiro atoms. The minimum Gasteiger partial charge on any atom is -0.486 e. The molecule has 0 aliphatic rings. The predicted octanol–water partition coefficient (Wildman–Crippen LogP) is 3.02. The van der Waals surface area contributed by atoms with Crippen molar-refractivity contribution in [3.05, 3.63) is 57.9 Å². The first-order valence-corrected chi connectivity index (χ1v) is 9.69. The van der Waals surface area contributed by atoms with E-state index in [0.29, 0.717) is 40.3 Å². The van der Waals surface area contributed by atoms with Gasteiger partial charge in [0.15, 0.2) is 17.0 Å². The Labute approximate surface area is 177 Å². The summed E-state index contributed by atoms with van der Waals surface area (Å²) in [5.41, 5.74) is 9.90. The molecule has 30 heavy (non-hydrogen) atoms. The number of halogens is 1. The molecule has 1 aromatic carbocycles. The number of nitrogens with zero attached hydrogens (tertiary/aromatic N) is 5. The topological polar surface area (TPSA) is 125 Å². The molecule has 4 aromatic rings. The van der Waals surface area contributed by atoms with Crippen LogP contribution in [0, 0.1) is 6.92 Å². The number of carbonyl (C=O) groups excluding carboxylic acids is 1. The summed E-state index contributed by atoms with van der Waals surface area (Å²) in [5.74, 6) is 0.755.